The Morgan fingerprint density at radius 3 is 1.10 bits per heavy atom. The maximum Gasteiger partial charge on any atom is 0.0785 e. The van der Waals surface area contributed by atoms with E-state index in [0.29, 0.717) is 0 Å². The van der Waals surface area contributed by atoms with Gasteiger partial charge in [0.15, 0.2) is 0 Å². The summed E-state index contributed by atoms with van der Waals surface area (Å²) in [7, 11) is 0.135. The van der Waals surface area contributed by atoms with Crippen molar-refractivity contribution in [1.29, 1.82) is 0 Å². The Bertz CT molecular complexity index is 800. The number of unbranched alkanes of at least 4 members (excludes halogenated alkanes) is 6. The molecule has 0 atom stereocenters. The van der Waals surface area contributed by atoms with Crippen LogP contribution in [0.25, 0.3) is 9.75 Å². The second kappa shape index (κ2) is 31.5. The summed E-state index contributed by atoms with van der Waals surface area (Å²) in [5.41, 5.74) is 0. The summed E-state index contributed by atoms with van der Waals surface area (Å²) in [6.45, 7) is 13.9. The third-order valence-electron chi connectivity index (χ3n) is 7.02. The predicted molar refractivity (Wildman–Crippen MR) is 199 cm³/mol. The molecule has 0 fully saturated rings. The maximum absolute atomic E-state index is 6.99. The molecular weight excluding hydrogens is 754 g/mol. The minimum absolute atomic E-state index is 0. The predicted octanol–water partition coefficient (Wildman–Crippen LogP) is 12.8. The van der Waals surface area contributed by atoms with E-state index in [4.69, 9.17) is 12.8 Å². The van der Waals surface area contributed by atoms with Crippen LogP contribution in [-0.4, -0.2) is 37.0 Å². The van der Waals surface area contributed by atoms with E-state index in [1.807, 2.05) is 24.3 Å². The first kappa shape index (κ1) is 43.2. The van der Waals surface area contributed by atoms with Gasteiger partial charge in [0.05, 0.1) is 46.7 Å². The van der Waals surface area contributed by atoms with Gasteiger partial charge in [-0.2, -0.15) is 0 Å². The molecule has 0 nitrogen and oxygen atoms in total. The fourth-order valence-electron chi connectivity index (χ4n) is 4.40. The Balaban J connectivity index is -0.000000532. The van der Waals surface area contributed by atoms with Crippen molar-refractivity contribution in [2.24, 2.45) is 0 Å². The zero-order valence-electron chi connectivity index (χ0n) is 27.2. The first-order valence-electron chi connectivity index (χ1n) is 16.3. The normalized spacial score (nSPS) is 10.2. The van der Waals surface area contributed by atoms with Crippen molar-refractivity contribution in [3.8, 4) is 28.0 Å². The number of rotatable bonds is 19. The zero-order chi connectivity index (χ0) is 29.8. The van der Waals surface area contributed by atoms with Crippen LogP contribution < -0.4 is 0 Å². The van der Waals surface area contributed by atoms with Crippen molar-refractivity contribution in [3.63, 3.8) is 0 Å². The molecule has 41 heavy (non-hydrogen) atoms. The average molecular weight is 817 g/mol. The van der Waals surface area contributed by atoms with Crippen LogP contribution in [0.2, 0.25) is 0 Å². The van der Waals surface area contributed by atoms with Crippen LogP contribution in [-0.2, 0) is 21.1 Å². The fraction of sp³-hybridized carbons (Fsp3) is 0.667. The maximum atomic E-state index is 6.99. The van der Waals surface area contributed by atoms with Gasteiger partial charge in [0.2, 0.25) is 0 Å². The van der Waals surface area contributed by atoms with Crippen molar-refractivity contribution in [2.75, 3.05) is 37.0 Å². The van der Waals surface area contributed by atoms with Crippen molar-refractivity contribution in [2.45, 2.75) is 119 Å². The Kier molecular flexibility index (Phi) is 33.2. The molecule has 0 spiro atoms. The van der Waals surface area contributed by atoms with E-state index >= 15 is 0 Å². The molecule has 1 radical (unpaired) electrons. The fourth-order valence-corrected chi connectivity index (χ4v) is 12.7. The summed E-state index contributed by atoms with van der Waals surface area (Å²) < 4.78 is 0. The molecule has 2 heterocycles. The quantitative estimate of drug-likeness (QED) is 0.0979. The molecule has 0 saturated carbocycles. The summed E-state index contributed by atoms with van der Waals surface area (Å²) in [6.07, 6.45) is 39.1. The Hall–Kier alpha value is 0.0683. The van der Waals surface area contributed by atoms with Crippen LogP contribution in [0.3, 0.4) is 0 Å². The first-order valence-corrected chi connectivity index (χ1v) is 22.2. The molecule has 0 saturated heterocycles. The summed E-state index contributed by atoms with van der Waals surface area (Å²) >= 11 is 3.15. The average Bonchev–Trinajstić information content (AvgIpc) is 3.67. The Labute approximate surface area is 283 Å². The van der Waals surface area contributed by atoms with Gasteiger partial charge >= 0.3 is 0 Å². The molecule has 0 aliphatic carbocycles. The van der Waals surface area contributed by atoms with E-state index in [-0.39, 0.29) is 38.3 Å². The monoisotopic (exact) mass is 816 g/mol. The van der Waals surface area contributed by atoms with Gasteiger partial charge in [0.25, 0.3) is 0 Å². The number of hydrogen-bond acceptors (Lipinski definition) is 2. The van der Waals surface area contributed by atoms with Crippen molar-refractivity contribution in [1.82, 2.24) is 0 Å². The van der Waals surface area contributed by atoms with Crippen molar-refractivity contribution in [3.05, 3.63) is 40.4 Å². The van der Waals surface area contributed by atoms with E-state index < -0.39 is 0 Å². The molecule has 0 bridgehead atoms. The van der Waals surface area contributed by atoms with Crippen LogP contribution in [0, 0.1) is 24.7 Å². The largest absolute Gasteiger partial charge is 0.126 e. The number of thiophene rings is 2. The smallest absolute Gasteiger partial charge is 0.0785 e. The summed E-state index contributed by atoms with van der Waals surface area (Å²) in [5.74, 6) is 4.98. The van der Waals surface area contributed by atoms with E-state index in [9.17, 15) is 0 Å². The summed E-state index contributed by atoms with van der Waals surface area (Å²) in [5, 5.41) is 0. The standard InChI is InChI=1S/2C12H27P.C12H5S2.Pt.H2/c2*1-4-7-10-13(11-8-5-2)12-9-6-3;1-3-9-5-7-11(13-9)12-8-6-10(4-2)14-12;;/h2*4-12H2,1-3H3;1,5-8H;;1H/p+2. The van der Waals surface area contributed by atoms with E-state index in [1.165, 1.54) is 77.0 Å². The molecular formula is C36H63P2PtS2+2. The molecule has 237 valence electrons. The van der Waals surface area contributed by atoms with Crippen LogP contribution in [0.15, 0.2) is 24.3 Å². The molecule has 0 amide bonds. The third kappa shape index (κ3) is 23.2. The SMILES string of the molecule is CCCC[PH+](CCCC)CCCC.CCCC[PH+](CCCC)CCCC.[C]#Cc1ccc(-c2ccc(C#C)s2)s1.[HH].[Pt]. The van der Waals surface area contributed by atoms with E-state index in [2.05, 4.69) is 53.4 Å². The minimum Gasteiger partial charge on any atom is -0.126 e. The summed E-state index contributed by atoms with van der Waals surface area (Å²) in [4.78, 5) is 4.08. The van der Waals surface area contributed by atoms with Gasteiger partial charge in [-0.15, -0.1) is 29.1 Å². The molecule has 0 aromatic carbocycles. The van der Waals surface area contributed by atoms with Crippen molar-refractivity contribution >= 4 is 38.5 Å². The van der Waals surface area contributed by atoms with E-state index in [0.717, 1.165) is 19.5 Å². The van der Waals surface area contributed by atoms with Gasteiger partial charge in [-0.05, 0) is 75.1 Å². The van der Waals surface area contributed by atoms with Gasteiger partial charge < -0.3 is 0 Å². The van der Waals surface area contributed by atoms with Gasteiger partial charge in [-0.25, -0.2) is 0 Å². The molecule has 0 unspecified atom stereocenters. The number of terminal acetylenes is 1. The van der Waals surface area contributed by atoms with Gasteiger partial charge in [-0.1, -0.05) is 86.0 Å². The minimum atomic E-state index is 0. The van der Waals surface area contributed by atoms with Crippen LogP contribution in [0.5, 0.6) is 0 Å². The first-order chi connectivity index (χ1) is 19.5. The molecule has 0 N–H and O–H groups in total. The molecule has 0 aliphatic rings. The van der Waals surface area contributed by atoms with Crippen LogP contribution in [0.4, 0.5) is 0 Å². The summed E-state index contributed by atoms with van der Waals surface area (Å²) in [6, 6.07) is 7.84. The Morgan fingerprint density at radius 1 is 0.585 bits per heavy atom. The molecule has 0 aliphatic heterocycles. The topological polar surface area (TPSA) is 0 Å². The molecule has 2 rings (SSSR count). The third-order valence-corrected chi connectivity index (χ3v) is 15.6. The van der Waals surface area contributed by atoms with Crippen LogP contribution in [0.1, 0.15) is 130 Å². The molecule has 2 aromatic rings. The van der Waals surface area contributed by atoms with Gasteiger partial charge in [-0.3, -0.25) is 0 Å². The second-order valence-electron chi connectivity index (χ2n) is 10.7. The van der Waals surface area contributed by atoms with E-state index in [1.54, 1.807) is 59.6 Å². The van der Waals surface area contributed by atoms with Crippen LogP contribution >= 0.6 is 38.5 Å². The zero-order valence-corrected chi connectivity index (χ0v) is 33.2. The van der Waals surface area contributed by atoms with Crippen molar-refractivity contribution < 1.29 is 22.5 Å². The molecule has 2 aromatic heterocycles. The molecule has 5 heteroatoms. The van der Waals surface area contributed by atoms with Gasteiger partial charge in [0.1, 0.15) is 0 Å². The Morgan fingerprint density at radius 2 is 0.878 bits per heavy atom. The second-order valence-corrected chi connectivity index (χ2v) is 18.9. The number of hydrogen-bond donors (Lipinski definition) is 0. The van der Waals surface area contributed by atoms with Gasteiger partial charge in [0, 0.05) is 48.1 Å².